The second-order valence-electron chi connectivity index (χ2n) is 5.38. The number of carbonyl (C=O) groups excluding carboxylic acids is 2. The molecule has 0 radical (unpaired) electrons. The van der Waals surface area contributed by atoms with E-state index in [-0.39, 0.29) is 18.6 Å². The molecule has 2 aromatic rings. The Morgan fingerprint density at radius 2 is 2.19 bits per heavy atom. The van der Waals surface area contributed by atoms with E-state index in [4.69, 9.17) is 9.15 Å². The molecule has 21 heavy (non-hydrogen) atoms. The normalized spacial score (nSPS) is 15.5. The Morgan fingerprint density at radius 3 is 2.90 bits per heavy atom. The second kappa shape index (κ2) is 5.63. The summed E-state index contributed by atoms with van der Waals surface area (Å²) >= 11 is 0. The van der Waals surface area contributed by atoms with Crippen molar-refractivity contribution in [2.75, 3.05) is 6.61 Å². The van der Waals surface area contributed by atoms with E-state index in [1.54, 1.807) is 30.0 Å². The maximum atomic E-state index is 12.0. The molecule has 3 rings (SSSR count). The summed E-state index contributed by atoms with van der Waals surface area (Å²) in [6.07, 6.45) is 5.87. The van der Waals surface area contributed by atoms with E-state index in [0.29, 0.717) is 11.3 Å². The molecule has 0 spiro atoms. The summed E-state index contributed by atoms with van der Waals surface area (Å²) in [5.74, 6) is -0.765. The molecule has 0 atom stereocenters. The Bertz CT molecular complexity index is 664. The third kappa shape index (κ3) is 2.79. The first kappa shape index (κ1) is 13.7. The molecule has 1 amide bonds. The fourth-order valence-electron chi connectivity index (χ4n) is 2.79. The summed E-state index contributed by atoms with van der Waals surface area (Å²) in [5, 5.41) is 2.88. The Balaban J connectivity index is 1.57. The number of hydrogen-bond acceptors (Lipinski definition) is 4. The van der Waals surface area contributed by atoms with E-state index >= 15 is 0 Å². The molecule has 1 N–H and O–H groups in total. The van der Waals surface area contributed by atoms with Gasteiger partial charge in [0.25, 0.3) is 5.91 Å². The molecule has 6 heteroatoms. The van der Waals surface area contributed by atoms with Gasteiger partial charge in [0, 0.05) is 25.2 Å². The van der Waals surface area contributed by atoms with Crippen LogP contribution in [-0.2, 0) is 16.6 Å². The quantitative estimate of drug-likeness (QED) is 0.874. The third-order valence-electron chi connectivity index (χ3n) is 3.93. The Hall–Kier alpha value is -2.24. The van der Waals surface area contributed by atoms with Crippen LogP contribution in [0.1, 0.15) is 36.2 Å². The van der Waals surface area contributed by atoms with Crippen molar-refractivity contribution in [1.82, 2.24) is 9.88 Å². The summed E-state index contributed by atoms with van der Waals surface area (Å²) in [6, 6.07) is 3.62. The molecule has 1 saturated carbocycles. The highest BCUT2D eigenvalue weighted by Gasteiger charge is 2.20. The van der Waals surface area contributed by atoms with E-state index in [0.717, 1.165) is 31.2 Å². The number of fused-ring (bicyclic) bond motifs is 1. The summed E-state index contributed by atoms with van der Waals surface area (Å²) in [7, 11) is 1.76. The van der Waals surface area contributed by atoms with Gasteiger partial charge in [0.15, 0.2) is 12.2 Å². The maximum Gasteiger partial charge on any atom is 0.355 e. The summed E-state index contributed by atoms with van der Waals surface area (Å²) in [4.78, 5) is 23.7. The van der Waals surface area contributed by atoms with Crippen LogP contribution >= 0.6 is 0 Å². The average Bonchev–Trinajstić information content (AvgIpc) is 3.16. The Labute approximate surface area is 122 Å². The molecule has 1 aliphatic rings. The van der Waals surface area contributed by atoms with Gasteiger partial charge in [-0.2, -0.15) is 0 Å². The standard InChI is InChI=1S/C15H18N2O4/c1-17-11-6-7-20-13(11)8-12(17)15(19)21-9-14(18)16-10-4-2-3-5-10/h6-8,10H,2-5,9H2,1H3,(H,16,18). The molecule has 1 aliphatic carbocycles. The molecule has 2 aromatic heterocycles. The van der Waals surface area contributed by atoms with Crippen molar-refractivity contribution < 1.29 is 18.7 Å². The first-order chi connectivity index (χ1) is 10.1. The summed E-state index contributed by atoms with van der Waals surface area (Å²) in [6.45, 7) is -0.248. The predicted octanol–water partition coefficient (Wildman–Crippen LogP) is 1.99. The number of esters is 1. The van der Waals surface area contributed by atoms with Gasteiger partial charge >= 0.3 is 5.97 Å². The van der Waals surface area contributed by atoms with Crippen molar-refractivity contribution in [2.45, 2.75) is 31.7 Å². The van der Waals surface area contributed by atoms with Crippen LogP contribution in [0.3, 0.4) is 0 Å². The lowest BCUT2D eigenvalue weighted by atomic mass is 10.2. The number of carbonyl (C=O) groups is 2. The summed E-state index contributed by atoms with van der Waals surface area (Å²) < 4.78 is 12.0. The minimum atomic E-state index is -0.523. The van der Waals surface area contributed by atoms with Crippen molar-refractivity contribution in [1.29, 1.82) is 0 Å². The first-order valence-electron chi connectivity index (χ1n) is 7.14. The van der Waals surface area contributed by atoms with Crippen LogP contribution in [0.5, 0.6) is 0 Å². The Kier molecular flexibility index (Phi) is 3.68. The first-order valence-corrected chi connectivity index (χ1v) is 7.14. The van der Waals surface area contributed by atoms with Gasteiger partial charge in [-0.25, -0.2) is 4.79 Å². The van der Waals surface area contributed by atoms with Crippen molar-refractivity contribution in [3.8, 4) is 0 Å². The highest BCUT2D eigenvalue weighted by molar-refractivity contribution is 5.95. The number of aryl methyl sites for hydroxylation is 1. The van der Waals surface area contributed by atoms with Crippen molar-refractivity contribution in [3.63, 3.8) is 0 Å². The van der Waals surface area contributed by atoms with Crippen molar-refractivity contribution >= 4 is 23.0 Å². The summed E-state index contributed by atoms with van der Waals surface area (Å²) in [5.41, 5.74) is 1.82. The van der Waals surface area contributed by atoms with Gasteiger partial charge < -0.3 is 19.0 Å². The zero-order chi connectivity index (χ0) is 14.8. The van der Waals surface area contributed by atoms with Gasteiger partial charge in [-0.05, 0) is 12.8 Å². The smallest absolute Gasteiger partial charge is 0.355 e. The molecule has 0 aromatic carbocycles. The van der Waals surface area contributed by atoms with Gasteiger partial charge in [0.05, 0.1) is 11.8 Å². The number of nitrogens with one attached hydrogen (secondary N) is 1. The second-order valence-corrected chi connectivity index (χ2v) is 5.38. The number of aromatic nitrogens is 1. The minimum absolute atomic E-state index is 0.230. The fraction of sp³-hybridized carbons (Fsp3) is 0.467. The van der Waals surface area contributed by atoms with Crippen LogP contribution in [0.2, 0.25) is 0 Å². The molecule has 0 bridgehead atoms. The van der Waals surface area contributed by atoms with Crippen LogP contribution in [0.15, 0.2) is 22.8 Å². The van der Waals surface area contributed by atoms with E-state index in [2.05, 4.69) is 5.32 Å². The highest BCUT2D eigenvalue weighted by atomic mass is 16.5. The van der Waals surface area contributed by atoms with E-state index in [1.807, 2.05) is 0 Å². The molecule has 0 saturated heterocycles. The van der Waals surface area contributed by atoms with Gasteiger partial charge in [-0.1, -0.05) is 12.8 Å². The molecular weight excluding hydrogens is 272 g/mol. The molecule has 0 unspecified atom stereocenters. The molecular formula is C15H18N2O4. The molecule has 6 nitrogen and oxygen atoms in total. The number of furan rings is 1. The number of nitrogens with zero attached hydrogens (tertiary/aromatic N) is 1. The van der Waals surface area contributed by atoms with E-state index in [9.17, 15) is 9.59 Å². The predicted molar refractivity (Wildman–Crippen MR) is 75.9 cm³/mol. The topological polar surface area (TPSA) is 73.5 Å². The number of rotatable bonds is 4. The van der Waals surface area contributed by atoms with Crippen LogP contribution in [0.4, 0.5) is 0 Å². The zero-order valence-corrected chi connectivity index (χ0v) is 11.9. The SMILES string of the molecule is Cn1c(C(=O)OCC(=O)NC2CCCC2)cc2occc21. The van der Waals surface area contributed by atoms with Gasteiger partial charge in [0.2, 0.25) is 0 Å². The molecule has 0 aliphatic heterocycles. The lowest BCUT2D eigenvalue weighted by Crippen LogP contribution is -2.36. The third-order valence-corrected chi connectivity index (χ3v) is 3.93. The van der Waals surface area contributed by atoms with Crippen LogP contribution < -0.4 is 5.32 Å². The number of amides is 1. The lowest BCUT2D eigenvalue weighted by Gasteiger charge is -2.12. The lowest BCUT2D eigenvalue weighted by molar-refractivity contribution is -0.124. The number of hydrogen-bond donors (Lipinski definition) is 1. The van der Waals surface area contributed by atoms with Gasteiger partial charge in [-0.15, -0.1) is 0 Å². The van der Waals surface area contributed by atoms with Crippen LogP contribution in [0, 0.1) is 0 Å². The monoisotopic (exact) mass is 290 g/mol. The highest BCUT2D eigenvalue weighted by Crippen LogP contribution is 2.20. The molecule has 2 heterocycles. The van der Waals surface area contributed by atoms with Crippen molar-refractivity contribution in [3.05, 3.63) is 24.1 Å². The zero-order valence-electron chi connectivity index (χ0n) is 11.9. The molecule has 1 fully saturated rings. The van der Waals surface area contributed by atoms with Crippen molar-refractivity contribution in [2.24, 2.45) is 7.05 Å². The van der Waals surface area contributed by atoms with Gasteiger partial charge in [0.1, 0.15) is 5.69 Å². The van der Waals surface area contributed by atoms with Crippen LogP contribution in [0.25, 0.3) is 11.1 Å². The molecule has 112 valence electrons. The van der Waals surface area contributed by atoms with E-state index in [1.165, 1.54) is 0 Å². The number of ether oxygens (including phenoxy) is 1. The fourth-order valence-corrected chi connectivity index (χ4v) is 2.79. The average molecular weight is 290 g/mol. The van der Waals surface area contributed by atoms with Crippen LogP contribution in [-0.4, -0.2) is 29.1 Å². The minimum Gasteiger partial charge on any atom is -0.463 e. The largest absolute Gasteiger partial charge is 0.463 e. The maximum absolute atomic E-state index is 12.0. The van der Waals surface area contributed by atoms with E-state index < -0.39 is 5.97 Å². The Morgan fingerprint density at radius 1 is 1.43 bits per heavy atom. The van der Waals surface area contributed by atoms with Gasteiger partial charge in [-0.3, -0.25) is 4.79 Å².